The summed E-state index contributed by atoms with van der Waals surface area (Å²) >= 11 is 0. The number of hydrogen-bond acceptors (Lipinski definition) is 6. The molecule has 0 atom stereocenters. The third-order valence-corrected chi connectivity index (χ3v) is 8.29. The van der Waals surface area contributed by atoms with Crippen LogP contribution in [0.5, 0.6) is 5.75 Å². The van der Waals surface area contributed by atoms with Crippen LogP contribution < -0.4 is 4.74 Å². The van der Waals surface area contributed by atoms with Gasteiger partial charge in [-0.05, 0) is 80.2 Å². The summed E-state index contributed by atoms with van der Waals surface area (Å²) < 4.78 is 35.0. The van der Waals surface area contributed by atoms with E-state index < -0.39 is 21.8 Å². The molecule has 2 aromatic heterocycles. The van der Waals surface area contributed by atoms with Crippen molar-refractivity contribution in [2.75, 3.05) is 26.2 Å². The van der Waals surface area contributed by atoms with Crippen molar-refractivity contribution in [2.24, 2.45) is 0 Å². The highest BCUT2D eigenvalue weighted by atomic mass is 32.2. The number of pyridine rings is 1. The van der Waals surface area contributed by atoms with E-state index in [-0.39, 0.29) is 5.92 Å². The van der Waals surface area contributed by atoms with Gasteiger partial charge >= 0.3 is 11.9 Å². The molecule has 220 valence electrons. The summed E-state index contributed by atoms with van der Waals surface area (Å²) in [4.78, 5) is 21.4. The number of sulfone groups is 1. The van der Waals surface area contributed by atoms with E-state index in [4.69, 9.17) is 24.5 Å². The molecule has 0 fully saturated rings. The van der Waals surface area contributed by atoms with Gasteiger partial charge in [-0.1, -0.05) is 46.6 Å². The van der Waals surface area contributed by atoms with Crippen LogP contribution in [0.4, 0.5) is 0 Å². The molecule has 0 bridgehead atoms. The van der Waals surface area contributed by atoms with Gasteiger partial charge in [0.25, 0.3) is 0 Å². The highest BCUT2D eigenvalue weighted by Crippen LogP contribution is 2.34. The number of rotatable bonds is 14. The molecule has 10 heteroatoms. The zero-order chi connectivity index (χ0) is 29.7. The van der Waals surface area contributed by atoms with Gasteiger partial charge in [0.15, 0.2) is 0 Å². The zero-order valence-corrected chi connectivity index (χ0v) is 24.7. The quantitative estimate of drug-likeness (QED) is 0.185. The van der Waals surface area contributed by atoms with Gasteiger partial charge in [-0.2, -0.15) is 0 Å². The minimum absolute atomic E-state index is 0.0986. The Morgan fingerprint density at radius 2 is 1.48 bits per heavy atom. The number of carboxylic acids is 2. The van der Waals surface area contributed by atoms with Gasteiger partial charge in [0.05, 0.1) is 17.0 Å². The molecule has 0 radical (unpaired) electrons. The Bertz CT molecular complexity index is 1310. The summed E-state index contributed by atoms with van der Waals surface area (Å²) in [5.74, 6) is -2.84. The van der Waals surface area contributed by atoms with Gasteiger partial charge in [0.2, 0.25) is 9.84 Å². The Hall–Kier alpha value is -3.37. The third-order valence-electron chi connectivity index (χ3n) is 6.41. The van der Waals surface area contributed by atoms with Gasteiger partial charge in [-0.15, -0.1) is 0 Å². The van der Waals surface area contributed by atoms with Gasteiger partial charge in [-0.25, -0.2) is 18.0 Å². The highest BCUT2D eigenvalue weighted by Gasteiger charge is 2.27. The minimum Gasteiger partial charge on any atom is -0.494 e. The molecule has 0 aliphatic heterocycles. The van der Waals surface area contributed by atoms with E-state index in [0.717, 1.165) is 31.6 Å². The molecule has 0 saturated carbocycles. The molecule has 0 amide bonds. The van der Waals surface area contributed by atoms with Crippen molar-refractivity contribution in [2.45, 2.75) is 75.5 Å². The maximum absolute atomic E-state index is 13.6. The van der Waals surface area contributed by atoms with Crippen LogP contribution in [0.25, 0.3) is 5.52 Å². The Labute approximate surface area is 237 Å². The Kier molecular flexibility index (Phi) is 13.2. The Balaban J connectivity index is 0.000000840. The van der Waals surface area contributed by atoms with E-state index in [1.807, 2.05) is 48.8 Å². The number of nitrogens with zero attached hydrogens (tertiary/aromatic N) is 2. The molecule has 0 spiro atoms. The zero-order valence-electron chi connectivity index (χ0n) is 23.9. The highest BCUT2D eigenvalue weighted by molar-refractivity contribution is 7.91. The summed E-state index contributed by atoms with van der Waals surface area (Å²) in [5, 5.41) is 14.8. The lowest BCUT2D eigenvalue weighted by atomic mass is 10.1. The molecule has 0 aliphatic rings. The van der Waals surface area contributed by atoms with Crippen molar-refractivity contribution in [3.8, 4) is 5.75 Å². The topological polar surface area (TPSA) is 126 Å². The number of aliphatic carboxylic acids is 2. The molecule has 2 N–H and O–H groups in total. The van der Waals surface area contributed by atoms with Crippen molar-refractivity contribution in [1.82, 2.24) is 9.30 Å². The monoisotopic (exact) mass is 574 g/mol. The third kappa shape index (κ3) is 9.38. The first kappa shape index (κ1) is 32.8. The van der Waals surface area contributed by atoms with Gasteiger partial charge in [0, 0.05) is 18.9 Å². The molecule has 0 unspecified atom stereocenters. The van der Waals surface area contributed by atoms with E-state index in [0.29, 0.717) is 27.7 Å². The smallest absolute Gasteiger partial charge is 0.414 e. The number of benzene rings is 1. The van der Waals surface area contributed by atoms with Crippen molar-refractivity contribution in [3.63, 3.8) is 0 Å². The summed E-state index contributed by atoms with van der Waals surface area (Å²) in [6, 6.07) is 12.5. The number of carbonyl (C=O) groups is 2. The van der Waals surface area contributed by atoms with E-state index in [2.05, 4.69) is 18.7 Å². The lowest BCUT2D eigenvalue weighted by Gasteiger charge is -2.21. The predicted octanol–water partition coefficient (Wildman–Crippen LogP) is 5.72. The number of aromatic nitrogens is 1. The molecule has 3 rings (SSSR count). The Morgan fingerprint density at radius 3 is 2.00 bits per heavy atom. The SMILES string of the molecule is CCCCN(CCCC)CCCOc1ccc(S(=O)(=O)c2c(C(C)C)cn3ccccc23)cc1.O=C(O)C(=O)O. The molecule has 3 aromatic rings. The number of fused-ring (bicyclic) bond motifs is 1. The lowest BCUT2D eigenvalue weighted by molar-refractivity contribution is -0.159. The van der Waals surface area contributed by atoms with Crippen molar-refractivity contribution >= 4 is 27.3 Å². The van der Waals surface area contributed by atoms with Gasteiger partial charge in [-0.3, -0.25) is 0 Å². The summed E-state index contributed by atoms with van der Waals surface area (Å²) in [7, 11) is -3.65. The molecular weight excluding hydrogens is 532 g/mol. The van der Waals surface area contributed by atoms with E-state index in [1.165, 1.54) is 25.7 Å². The maximum atomic E-state index is 13.6. The first-order valence-corrected chi connectivity index (χ1v) is 15.3. The summed E-state index contributed by atoms with van der Waals surface area (Å²) in [6.45, 7) is 12.5. The van der Waals surface area contributed by atoms with Gasteiger partial charge < -0.3 is 24.3 Å². The fourth-order valence-electron chi connectivity index (χ4n) is 4.23. The fraction of sp³-hybridized carbons (Fsp3) is 0.467. The molecule has 1 aromatic carbocycles. The maximum Gasteiger partial charge on any atom is 0.414 e. The van der Waals surface area contributed by atoms with Crippen LogP contribution >= 0.6 is 0 Å². The van der Waals surface area contributed by atoms with E-state index in [9.17, 15) is 8.42 Å². The molecule has 9 nitrogen and oxygen atoms in total. The van der Waals surface area contributed by atoms with Crippen LogP contribution in [0.15, 0.2) is 64.6 Å². The standard InChI is InChI=1S/C28H40N2O3S.C2H2O4/c1-5-7-17-29(18-8-6-2)19-11-21-33-24-13-15-25(16-14-24)34(31,32)28-26(23(3)4)22-30-20-10-9-12-27(28)30;3-1(4)2(5)6/h9-10,12-16,20,22-23H,5-8,11,17-19,21H2,1-4H3;(H,3,4)(H,5,6). The Morgan fingerprint density at radius 1 is 0.900 bits per heavy atom. The second-order valence-corrected chi connectivity index (χ2v) is 11.8. The van der Waals surface area contributed by atoms with Gasteiger partial charge in [0.1, 0.15) is 10.6 Å². The lowest BCUT2D eigenvalue weighted by Crippen LogP contribution is -2.28. The first-order chi connectivity index (χ1) is 19.0. The molecular formula is C30H42N2O7S. The van der Waals surface area contributed by atoms with Crippen LogP contribution in [0.1, 0.15) is 71.3 Å². The average molecular weight is 575 g/mol. The second-order valence-electron chi connectivity index (χ2n) is 9.90. The van der Waals surface area contributed by atoms with Crippen molar-refractivity contribution in [3.05, 3.63) is 60.4 Å². The normalized spacial score (nSPS) is 11.4. The average Bonchev–Trinajstić information content (AvgIpc) is 3.34. The molecule has 0 aliphatic carbocycles. The van der Waals surface area contributed by atoms with Crippen molar-refractivity contribution < 1.29 is 33.0 Å². The van der Waals surface area contributed by atoms with E-state index >= 15 is 0 Å². The molecule has 0 saturated heterocycles. The molecule has 40 heavy (non-hydrogen) atoms. The number of carboxylic acid groups (broad SMARTS) is 2. The largest absolute Gasteiger partial charge is 0.494 e. The summed E-state index contributed by atoms with van der Waals surface area (Å²) in [5.41, 5.74) is 1.55. The number of ether oxygens (including phenoxy) is 1. The number of unbranched alkanes of at least 4 members (excludes halogenated alkanes) is 2. The first-order valence-electron chi connectivity index (χ1n) is 13.8. The van der Waals surface area contributed by atoms with Crippen molar-refractivity contribution in [1.29, 1.82) is 0 Å². The second kappa shape index (κ2) is 16.0. The minimum atomic E-state index is -3.65. The van der Waals surface area contributed by atoms with E-state index in [1.54, 1.807) is 24.3 Å². The molecule has 2 heterocycles. The fourth-order valence-corrected chi connectivity index (χ4v) is 6.01. The summed E-state index contributed by atoms with van der Waals surface area (Å²) in [6.07, 6.45) is 9.67. The van der Waals surface area contributed by atoms with Crippen LogP contribution in [0, 0.1) is 0 Å². The van der Waals surface area contributed by atoms with Crippen LogP contribution in [-0.2, 0) is 19.4 Å². The number of hydrogen-bond donors (Lipinski definition) is 2. The predicted molar refractivity (Wildman–Crippen MR) is 155 cm³/mol. The van der Waals surface area contributed by atoms with Crippen LogP contribution in [-0.4, -0.2) is 66.1 Å². The van der Waals surface area contributed by atoms with Crippen LogP contribution in [0.2, 0.25) is 0 Å². The van der Waals surface area contributed by atoms with Crippen LogP contribution in [0.3, 0.4) is 0 Å².